The van der Waals surface area contributed by atoms with Crippen molar-refractivity contribution >= 4 is 22.5 Å². The van der Waals surface area contributed by atoms with Crippen LogP contribution in [0.2, 0.25) is 0 Å². The van der Waals surface area contributed by atoms with Gasteiger partial charge in [-0.2, -0.15) is 0 Å². The Morgan fingerprint density at radius 3 is 2.60 bits per heavy atom. The SMILES string of the molecule is CN1CCCCC(N2CCN(c3ccc4c(=O)n(CC(F)F)cnc4c3)CC2)C1=O. The summed E-state index contributed by atoms with van der Waals surface area (Å²) < 4.78 is 26.2. The smallest absolute Gasteiger partial charge is 0.261 e. The molecule has 9 heteroatoms. The quantitative estimate of drug-likeness (QED) is 0.756. The van der Waals surface area contributed by atoms with Crippen molar-refractivity contribution in [1.29, 1.82) is 0 Å². The van der Waals surface area contributed by atoms with Gasteiger partial charge in [-0.15, -0.1) is 0 Å². The molecule has 0 saturated carbocycles. The predicted molar refractivity (Wildman–Crippen MR) is 111 cm³/mol. The molecule has 0 aliphatic carbocycles. The number of piperazine rings is 1. The molecule has 0 N–H and O–H groups in total. The summed E-state index contributed by atoms with van der Waals surface area (Å²) in [5.41, 5.74) is 1.00. The molecule has 0 radical (unpaired) electrons. The molecule has 7 nitrogen and oxygen atoms in total. The highest BCUT2D eigenvalue weighted by atomic mass is 19.3. The van der Waals surface area contributed by atoms with Gasteiger partial charge in [0.05, 0.1) is 29.8 Å². The van der Waals surface area contributed by atoms with E-state index >= 15 is 0 Å². The molecule has 2 saturated heterocycles. The van der Waals surface area contributed by atoms with E-state index in [4.69, 9.17) is 0 Å². The molecule has 1 aromatic carbocycles. The van der Waals surface area contributed by atoms with Gasteiger partial charge < -0.3 is 9.80 Å². The van der Waals surface area contributed by atoms with Gasteiger partial charge in [0, 0.05) is 45.5 Å². The monoisotopic (exact) mass is 419 g/mol. The summed E-state index contributed by atoms with van der Waals surface area (Å²) in [6.45, 7) is 3.33. The van der Waals surface area contributed by atoms with Crippen molar-refractivity contribution in [3.63, 3.8) is 0 Å². The van der Waals surface area contributed by atoms with Crippen LogP contribution in [0.5, 0.6) is 0 Å². The Morgan fingerprint density at radius 1 is 1.10 bits per heavy atom. The van der Waals surface area contributed by atoms with E-state index in [0.29, 0.717) is 10.9 Å². The summed E-state index contributed by atoms with van der Waals surface area (Å²) in [7, 11) is 1.88. The molecule has 162 valence electrons. The molecule has 2 aromatic rings. The fourth-order valence-corrected chi connectivity index (χ4v) is 4.43. The molecule has 0 spiro atoms. The van der Waals surface area contributed by atoms with E-state index in [1.54, 1.807) is 6.07 Å². The largest absolute Gasteiger partial charge is 0.369 e. The van der Waals surface area contributed by atoms with Crippen molar-refractivity contribution in [2.45, 2.75) is 38.3 Å². The number of carbonyl (C=O) groups excluding carboxylic acids is 1. The number of likely N-dealkylation sites (tertiary alicyclic amines) is 1. The Kier molecular flexibility index (Phi) is 5.99. The van der Waals surface area contributed by atoms with E-state index in [9.17, 15) is 18.4 Å². The number of rotatable bonds is 4. The van der Waals surface area contributed by atoms with Crippen LogP contribution in [-0.4, -0.2) is 77.5 Å². The van der Waals surface area contributed by atoms with Gasteiger partial charge in [-0.3, -0.25) is 19.1 Å². The summed E-state index contributed by atoms with van der Waals surface area (Å²) >= 11 is 0. The zero-order valence-electron chi connectivity index (χ0n) is 17.1. The van der Waals surface area contributed by atoms with Gasteiger partial charge in [-0.25, -0.2) is 13.8 Å². The minimum Gasteiger partial charge on any atom is -0.369 e. The number of hydrogen-bond acceptors (Lipinski definition) is 5. The third-order valence-electron chi connectivity index (χ3n) is 6.15. The summed E-state index contributed by atoms with van der Waals surface area (Å²) in [5, 5.41) is 0.340. The number of aromatic nitrogens is 2. The van der Waals surface area contributed by atoms with Crippen LogP contribution in [0.1, 0.15) is 19.3 Å². The highest BCUT2D eigenvalue weighted by Crippen LogP contribution is 2.23. The number of alkyl halides is 2. The molecule has 1 amide bonds. The van der Waals surface area contributed by atoms with Crippen molar-refractivity contribution in [2.75, 3.05) is 44.7 Å². The van der Waals surface area contributed by atoms with Crippen LogP contribution in [0.4, 0.5) is 14.5 Å². The highest BCUT2D eigenvalue weighted by Gasteiger charge is 2.32. The van der Waals surface area contributed by atoms with Crippen molar-refractivity contribution < 1.29 is 13.6 Å². The average molecular weight is 419 g/mol. The summed E-state index contributed by atoms with van der Waals surface area (Å²) in [6, 6.07) is 5.31. The topological polar surface area (TPSA) is 61.7 Å². The van der Waals surface area contributed by atoms with Gasteiger partial charge in [-0.05, 0) is 37.5 Å². The number of carbonyl (C=O) groups is 1. The van der Waals surface area contributed by atoms with Crippen LogP contribution in [0, 0.1) is 0 Å². The predicted octanol–water partition coefficient (Wildman–Crippen LogP) is 1.79. The molecule has 0 bridgehead atoms. The molecule has 2 aliphatic rings. The van der Waals surface area contributed by atoms with Gasteiger partial charge >= 0.3 is 0 Å². The van der Waals surface area contributed by atoms with E-state index in [-0.39, 0.29) is 11.9 Å². The van der Waals surface area contributed by atoms with Crippen LogP contribution < -0.4 is 10.5 Å². The number of nitrogens with zero attached hydrogens (tertiary/aromatic N) is 5. The number of benzene rings is 1. The van der Waals surface area contributed by atoms with Gasteiger partial charge in [0.15, 0.2) is 0 Å². The summed E-state index contributed by atoms with van der Waals surface area (Å²) in [5.74, 6) is 0.218. The zero-order valence-corrected chi connectivity index (χ0v) is 17.1. The molecule has 1 atom stereocenters. The van der Waals surface area contributed by atoms with E-state index < -0.39 is 18.5 Å². The Labute approximate surface area is 173 Å². The molecule has 4 rings (SSSR count). The lowest BCUT2D eigenvalue weighted by atomic mass is 10.1. The second kappa shape index (κ2) is 8.67. The van der Waals surface area contributed by atoms with E-state index in [0.717, 1.165) is 62.2 Å². The number of likely N-dealkylation sites (N-methyl/N-ethyl adjacent to an activating group) is 1. The van der Waals surface area contributed by atoms with Crippen LogP contribution in [0.15, 0.2) is 29.3 Å². The normalized spacial score (nSPS) is 21.5. The van der Waals surface area contributed by atoms with Crippen molar-refractivity contribution in [2.24, 2.45) is 0 Å². The Hall–Kier alpha value is -2.55. The summed E-state index contributed by atoms with van der Waals surface area (Å²) in [4.78, 5) is 35.6. The molecular formula is C21H27F2N5O2. The lowest BCUT2D eigenvalue weighted by Gasteiger charge is -2.40. The maximum Gasteiger partial charge on any atom is 0.261 e. The molecular weight excluding hydrogens is 392 g/mol. The Balaban J connectivity index is 1.47. The number of anilines is 1. The number of hydrogen-bond donors (Lipinski definition) is 0. The van der Waals surface area contributed by atoms with Crippen LogP contribution in [0.25, 0.3) is 10.9 Å². The van der Waals surface area contributed by atoms with E-state index in [2.05, 4.69) is 14.8 Å². The fraction of sp³-hybridized carbons (Fsp3) is 0.571. The molecule has 2 aliphatic heterocycles. The Bertz CT molecular complexity index is 972. The van der Waals surface area contributed by atoms with Crippen LogP contribution >= 0.6 is 0 Å². The third-order valence-corrected chi connectivity index (χ3v) is 6.15. The van der Waals surface area contributed by atoms with Crippen LogP contribution in [-0.2, 0) is 11.3 Å². The van der Waals surface area contributed by atoms with Gasteiger partial charge in [-0.1, -0.05) is 0 Å². The minimum atomic E-state index is -2.60. The first kappa shape index (κ1) is 20.7. The van der Waals surface area contributed by atoms with Gasteiger partial charge in [0.2, 0.25) is 5.91 Å². The molecule has 1 aromatic heterocycles. The lowest BCUT2D eigenvalue weighted by molar-refractivity contribution is -0.135. The van der Waals surface area contributed by atoms with Crippen molar-refractivity contribution in [1.82, 2.24) is 19.4 Å². The van der Waals surface area contributed by atoms with Gasteiger partial charge in [0.1, 0.15) is 0 Å². The van der Waals surface area contributed by atoms with Crippen LogP contribution in [0.3, 0.4) is 0 Å². The maximum absolute atomic E-state index is 12.7. The number of halogens is 2. The highest BCUT2D eigenvalue weighted by molar-refractivity contribution is 5.82. The first-order valence-electron chi connectivity index (χ1n) is 10.5. The fourth-order valence-electron chi connectivity index (χ4n) is 4.43. The molecule has 30 heavy (non-hydrogen) atoms. The van der Waals surface area contributed by atoms with Crippen molar-refractivity contribution in [3.8, 4) is 0 Å². The first-order chi connectivity index (χ1) is 14.4. The number of fused-ring (bicyclic) bond motifs is 1. The third kappa shape index (κ3) is 4.16. The average Bonchev–Trinajstić information content (AvgIpc) is 2.91. The molecule has 1 unspecified atom stereocenters. The van der Waals surface area contributed by atoms with E-state index in [1.165, 1.54) is 6.33 Å². The first-order valence-corrected chi connectivity index (χ1v) is 10.5. The summed E-state index contributed by atoms with van der Waals surface area (Å²) in [6.07, 6.45) is 1.63. The number of amides is 1. The standard InChI is InChI=1S/C21H27F2N5O2/c1-25-7-3-2-4-18(21(25)30)27-10-8-26(9-11-27)15-5-6-16-17(12-15)24-14-28(20(16)29)13-19(22)23/h5-6,12,14,18-19H,2-4,7-11,13H2,1H3. The maximum atomic E-state index is 12.7. The zero-order chi connectivity index (χ0) is 21.3. The Morgan fingerprint density at radius 2 is 1.87 bits per heavy atom. The minimum absolute atomic E-state index is 0.0359. The van der Waals surface area contributed by atoms with Crippen molar-refractivity contribution in [3.05, 3.63) is 34.9 Å². The molecule has 2 fully saturated rings. The van der Waals surface area contributed by atoms with Gasteiger partial charge in [0.25, 0.3) is 12.0 Å². The lowest BCUT2D eigenvalue weighted by Crippen LogP contribution is -2.54. The van der Waals surface area contributed by atoms with E-state index in [1.807, 2.05) is 24.1 Å². The molecule has 3 heterocycles. The second-order valence-electron chi connectivity index (χ2n) is 8.09. The second-order valence-corrected chi connectivity index (χ2v) is 8.09.